The number of aromatic nitrogens is 2. The van der Waals surface area contributed by atoms with Crippen molar-refractivity contribution < 1.29 is 33.2 Å². The lowest BCUT2D eigenvalue weighted by atomic mass is 10.1. The molecule has 1 aromatic heterocycles. The maximum absolute atomic E-state index is 13.6. The second kappa shape index (κ2) is 11.8. The third-order valence-electron chi connectivity index (χ3n) is 6.83. The molecule has 2 N–H and O–H groups in total. The number of aryl methyl sites for hydroxylation is 1. The molecule has 13 heteroatoms. The summed E-state index contributed by atoms with van der Waals surface area (Å²) in [5.74, 6) is -2.69. The topological polar surface area (TPSA) is 164 Å². The summed E-state index contributed by atoms with van der Waals surface area (Å²) >= 11 is 0. The molecular formula is C28H29N5O8. The van der Waals surface area contributed by atoms with Crippen LogP contribution in [-0.2, 0) is 23.9 Å². The lowest BCUT2D eigenvalue weighted by molar-refractivity contribution is -0.167. The van der Waals surface area contributed by atoms with Crippen molar-refractivity contribution in [2.24, 2.45) is 0 Å². The maximum Gasteiger partial charge on any atom is 0.439 e. The quantitative estimate of drug-likeness (QED) is 0.408. The second-order valence-corrected chi connectivity index (χ2v) is 9.88. The van der Waals surface area contributed by atoms with Crippen molar-refractivity contribution >= 4 is 35.1 Å². The maximum atomic E-state index is 13.6. The van der Waals surface area contributed by atoms with Gasteiger partial charge in [0.2, 0.25) is 6.10 Å². The fourth-order valence-electron chi connectivity index (χ4n) is 4.93. The first-order valence-corrected chi connectivity index (χ1v) is 13.2. The van der Waals surface area contributed by atoms with Gasteiger partial charge in [-0.3, -0.25) is 28.7 Å². The molecule has 0 bridgehead atoms. The van der Waals surface area contributed by atoms with Gasteiger partial charge in [0.25, 0.3) is 17.7 Å². The van der Waals surface area contributed by atoms with Crippen molar-refractivity contribution in [3.8, 4) is 11.4 Å². The molecule has 2 atom stereocenters. The number of nitrogens with zero attached hydrogens (tertiary/aromatic N) is 3. The average Bonchev–Trinajstić information content (AvgIpc) is 3.64. The van der Waals surface area contributed by atoms with Crippen molar-refractivity contribution in [3.63, 3.8) is 0 Å². The molecule has 0 spiro atoms. The summed E-state index contributed by atoms with van der Waals surface area (Å²) in [7, 11) is 0. The summed E-state index contributed by atoms with van der Waals surface area (Å²) in [6, 6.07) is 11.5. The number of rotatable bonds is 7. The lowest BCUT2D eigenvalue weighted by Crippen LogP contribution is -2.56. The second-order valence-electron chi connectivity index (χ2n) is 9.88. The Labute approximate surface area is 234 Å². The fraction of sp³-hybridized carbons (Fsp3) is 0.357. The standard InChI is InChI=1S/C28H29N5O8/c1-16-13-19(26(36)32-9-3-4-10-32)15-21(14-16)33-11-12-39-23(27(33)37)22(40-17(2)34)25(35)29-20-7-5-18(6-8-20)24-30-28(38)41-31-24/h5-8,13-15,22-23H,3-4,9-12H2,1-2H3,(H,29,35)(H,30,31,38)/t22-,23-/m1/s1. The van der Waals surface area contributed by atoms with E-state index in [0.29, 0.717) is 35.6 Å². The number of aromatic amines is 1. The molecule has 5 rings (SSSR count). The Hall–Kier alpha value is -4.78. The van der Waals surface area contributed by atoms with Gasteiger partial charge in [-0.25, -0.2) is 4.79 Å². The summed E-state index contributed by atoms with van der Waals surface area (Å²) in [5, 5.41) is 6.25. The Morgan fingerprint density at radius 3 is 2.46 bits per heavy atom. The molecule has 214 valence electrons. The Morgan fingerprint density at radius 2 is 1.80 bits per heavy atom. The number of esters is 1. The van der Waals surface area contributed by atoms with Gasteiger partial charge in [0, 0.05) is 49.1 Å². The molecule has 2 fully saturated rings. The van der Waals surface area contributed by atoms with Gasteiger partial charge in [-0.1, -0.05) is 5.16 Å². The SMILES string of the molecule is CC(=O)O[C@@H](C(=O)Nc1ccc(-c2noc(=O)[nH]2)cc1)[C@H]1OCCN(c2cc(C)cc(C(=O)N3CCCC3)c2)C1=O. The summed E-state index contributed by atoms with van der Waals surface area (Å²) in [5.41, 5.74) is 2.64. The zero-order valence-corrected chi connectivity index (χ0v) is 22.5. The lowest BCUT2D eigenvalue weighted by Gasteiger charge is -2.35. The van der Waals surface area contributed by atoms with E-state index in [0.717, 1.165) is 25.3 Å². The Balaban J connectivity index is 1.35. The highest BCUT2D eigenvalue weighted by atomic mass is 16.6. The van der Waals surface area contributed by atoms with E-state index in [-0.39, 0.29) is 24.9 Å². The van der Waals surface area contributed by atoms with Crippen molar-refractivity contribution in [3.05, 3.63) is 64.1 Å². The van der Waals surface area contributed by atoms with Gasteiger partial charge >= 0.3 is 11.7 Å². The largest absolute Gasteiger partial charge is 0.449 e. The highest BCUT2D eigenvalue weighted by Crippen LogP contribution is 2.26. The monoisotopic (exact) mass is 563 g/mol. The van der Waals surface area contributed by atoms with Crippen LogP contribution < -0.4 is 16.0 Å². The van der Waals surface area contributed by atoms with Gasteiger partial charge in [0.1, 0.15) is 0 Å². The highest BCUT2D eigenvalue weighted by Gasteiger charge is 2.42. The third-order valence-corrected chi connectivity index (χ3v) is 6.83. The number of hydrogen-bond acceptors (Lipinski definition) is 9. The number of anilines is 2. The van der Waals surface area contributed by atoms with Crippen LogP contribution in [0.4, 0.5) is 11.4 Å². The van der Waals surface area contributed by atoms with E-state index in [1.54, 1.807) is 47.4 Å². The van der Waals surface area contributed by atoms with Crippen LogP contribution in [0.5, 0.6) is 0 Å². The molecule has 3 aromatic rings. The van der Waals surface area contributed by atoms with Gasteiger partial charge in [0.05, 0.1) is 6.61 Å². The number of H-pyrrole nitrogens is 1. The molecule has 2 aliphatic rings. The summed E-state index contributed by atoms with van der Waals surface area (Å²) < 4.78 is 15.5. The predicted molar refractivity (Wildman–Crippen MR) is 145 cm³/mol. The third kappa shape index (κ3) is 6.19. The molecule has 3 amide bonds. The molecule has 41 heavy (non-hydrogen) atoms. The minimum Gasteiger partial charge on any atom is -0.449 e. The fourth-order valence-corrected chi connectivity index (χ4v) is 4.93. The van der Waals surface area contributed by atoms with Crippen LogP contribution in [0, 0.1) is 6.92 Å². The van der Waals surface area contributed by atoms with Crippen LogP contribution in [-0.4, -0.2) is 77.2 Å². The first-order valence-electron chi connectivity index (χ1n) is 13.2. The zero-order valence-electron chi connectivity index (χ0n) is 22.5. The Morgan fingerprint density at radius 1 is 1.07 bits per heavy atom. The molecule has 0 saturated carbocycles. The number of nitrogens with one attached hydrogen (secondary N) is 2. The Bertz CT molecular complexity index is 1520. The predicted octanol–water partition coefficient (Wildman–Crippen LogP) is 1.88. The van der Waals surface area contributed by atoms with Crippen LogP contribution >= 0.6 is 0 Å². The van der Waals surface area contributed by atoms with Crippen LogP contribution in [0.2, 0.25) is 0 Å². The average molecular weight is 564 g/mol. The number of likely N-dealkylation sites (tertiary alicyclic amines) is 1. The van der Waals surface area contributed by atoms with E-state index in [1.165, 1.54) is 4.90 Å². The van der Waals surface area contributed by atoms with Gasteiger partial charge in [-0.2, -0.15) is 0 Å². The normalized spacial score (nSPS) is 17.8. The number of carbonyl (C=O) groups excluding carboxylic acids is 4. The van der Waals surface area contributed by atoms with Gasteiger partial charge in [0.15, 0.2) is 11.9 Å². The van der Waals surface area contributed by atoms with E-state index in [1.807, 2.05) is 6.92 Å². The molecule has 2 saturated heterocycles. The van der Waals surface area contributed by atoms with Crippen LogP contribution in [0.25, 0.3) is 11.4 Å². The first-order chi connectivity index (χ1) is 19.7. The van der Waals surface area contributed by atoms with Crippen LogP contribution in [0.1, 0.15) is 35.7 Å². The smallest absolute Gasteiger partial charge is 0.439 e. The van der Waals surface area contributed by atoms with Crippen molar-refractivity contribution in [2.75, 3.05) is 36.5 Å². The van der Waals surface area contributed by atoms with Crippen LogP contribution in [0.15, 0.2) is 51.8 Å². The zero-order chi connectivity index (χ0) is 29.1. The van der Waals surface area contributed by atoms with Gasteiger partial charge < -0.3 is 24.6 Å². The van der Waals surface area contributed by atoms with E-state index >= 15 is 0 Å². The number of amides is 3. The number of ether oxygens (including phenoxy) is 2. The van der Waals surface area contributed by atoms with E-state index < -0.39 is 35.7 Å². The van der Waals surface area contributed by atoms with E-state index in [9.17, 15) is 24.0 Å². The summed E-state index contributed by atoms with van der Waals surface area (Å²) in [6.07, 6.45) is -1.07. The number of hydrogen-bond donors (Lipinski definition) is 2. The van der Waals surface area contributed by atoms with E-state index in [4.69, 9.17) is 9.47 Å². The minimum absolute atomic E-state index is 0.0788. The van der Waals surface area contributed by atoms with Crippen molar-refractivity contribution in [1.82, 2.24) is 15.0 Å². The molecule has 0 radical (unpaired) electrons. The van der Waals surface area contributed by atoms with Crippen LogP contribution in [0.3, 0.4) is 0 Å². The van der Waals surface area contributed by atoms with Gasteiger partial charge in [-0.05, 0) is 67.8 Å². The molecule has 3 heterocycles. The van der Waals surface area contributed by atoms with Crippen molar-refractivity contribution in [2.45, 2.75) is 38.9 Å². The highest BCUT2D eigenvalue weighted by molar-refractivity contribution is 6.05. The molecule has 2 aromatic carbocycles. The number of morpholine rings is 1. The number of carbonyl (C=O) groups is 4. The first kappa shape index (κ1) is 27.8. The summed E-state index contributed by atoms with van der Waals surface area (Å²) in [4.78, 5) is 68.8. The van der Waals surface area contributed by atoms with E-state index in [2.05, 4.69) is 20.0 Å². The molecule has 0 unspecified atom stereocenters. The minimum atomic E-state index is -1.58. The number of benzene rings is 2. The molecule has 13 nitrogen and oxygen atoms in total. The Kier molecular flexibility index (Phi) is 7.97. The van der Waals surface area contributed by atoms with Crippen molar-refractivity contribution in [1.29, 1.82) is 0 Å². The molecular weight excluding hydrogens is 534 g/mol. The molecule has 2 aliphatic heterocycles. The molecule has 0 aliphatic carbocycles. The summed E-state index contributed by atoms with van der Waals surface area (Å²) in [6.45, 7) is 4.64. The van der Waals surface area contributed by atoms with Gasteiger partial charge in [-0.15, -0.1) is 0 Å².